The van der Waals surface area contributed by atoms with Crippen LogP contribution in [0.4, 0.5) is 27.3 Å². The number of aromatic hydroxyl groups is 1. The topological polar surface area (TPSA) is 117 Å². The predicted molar refractivity (Wildman–Crippen MR) is 107 cm³/mol. The summed E-state index contributed by atoms with van der Waals surface area (Å²) in [5.74, 6) is -1.17. The number of phenolic OH excluding ortho intramolecular Hbond substituents is 1. The van der Waals surface area contributed by atoms with Crippen molar-refractivity contribution in [2.75, 3.05) is 10.6 Å². The number of nitrogens with zero attached hydrogens (tertiary/aromatic N) is 1. The molecule has 0 radical (unpaired) electrons. The molecule has 146 valence electrons. The summed E-state index contributed by atoms with van der Waals surface area (Å²) in [4.78, 5) is 28.7. The van der Waals surface area contributed by atoms with Gasteiger partial charge in [0, 0.05) is 29.9 Å². The Labute approximate surface area is 165 Å². The number of nitrogens with two attached hydrogens (primary N) is 1. The Morgan fingerprint density at radius 2 is 2.03 bits per heavy atom. The van der Waals surface area contributed by atoms with Crippen molar-refractivity contribution in [3.05, 3.63) is 70.7 Å². The molecule has 4 rings (SSSR count). The first-order valence-electron chi connectivity index (χ1n) is 8.81. The zero-order valence-electron chi connectivity index (χ0n) is 15.4. The van der Waals surface area contributed by atoms with Gasteiger partial charge in [0.2, 0.25) is 5.91 Å². The number of aromatic nitrogens is 1. The zero-order chi connectivity index (χ0) is 20.7. The molecule has 0 unspecified atom stereocenters. The molecule has 0 atom stereocenters. The number of hydrogen-bond donors (Lipinski definition) is 4. The number of benzene rings is 2. The van der Waals surface area contributed by atoms with Crippen molar-refractivity contribution in [2.45, 2.75) is 13.3 Å². The van der Waals surface area contributed by atoms with Gasteiger partial charge in [-0.15, -0.1) is 0 Å². The van der Waals surface area contributed by atoms with E-state index in [2.05, 4.69) is 15.6 Å². The Kier molecular flexibility index (Phi) is 4.38. The molecule has 7 nitrogen and oxygen atoms in total. The van der Waals surface area contributed by atoms with E-state index in [1.54, 1.807) is 31.2 Å². The van der Waals surface area contributed by atoms with E-state index in [1.807, 2.05) is 0 Å². The van der Waals surface area contributed by atoms with E-state index in [9.17, 15) is 19.1 Å². The number of Topliss-reactive ketones (excluding diaryl/α,β-unsaturated/α-hetero) is 1. The van der Waals surface area contributed by atoms with E-state index in [4.69, 9.17) is 5.73 Å². The number of nitrogens with one attached hydrogen (secondary N) is 2. The monoisotopic (exact) mass is 392 g/mol. The van der Waals surface area contributed by atoms with Crippen LogP contribution in [-0.2, 0) is 6.42 Å². The lowest BCUT2D eigenvalue weighted by atomic mass is 10.0. The summed E-state index contributed by atoms with van der Waals surface area (Å²) in [6.07, 6.45) is 1.49. The first-order valence-corrected chi connectivity index (χ1v) is 8.81. The number of fused-ring (bicyclic) bond motifs is 2. The van der Waals surface area contributed by atoms with Crippen molar-refractivity contribution >= 4 is 34.6 Å². The SMILES string of the molecule is Cc1cc(F)c(Nc2ccnc3c2C(=O)Cc2cc(C(N)=O)ccc2N3)cc1O. The minimum atomic E-state index is -0.586. The molecule has 0 saturated carbocycles. The summed E-state index contributed by atoms with van der Waals surface area (Å²) >= 11 is 0. The van der Waals surface area contributed by atoms with E-state index in [-0.39, 0.29) is 29.2 Å². The Morgan fingerprint density at radius 1 is 1.24 bits per heavy atom. The molecule has 0 aliphatic carbocycles. The third kappa shape index (κ3) is 3.36. The molecule has 0 bridgehead atoms. The van der Waals surface area contributed by atoms with Gasteiger partial charge in [-0.25, -0.2) is 9.37 Å². The summed E-state index contributed by atoms with van der Waals surface area (Å²) in [5, 5.41) is 15.9. The number of rotatable bonds is 3. The molecule has 3 aromatic rings. The highest BCUT2D eigenvalue weighted by atomic mass is 19.1. The largest absolute Gasteiger partial charge is 0.508 e. The van der Waals surface area contributed by atoms with E-state index in [0.29, 0.717) is 33.9 Å². The fraction of sp³-hybridized carbons (Fsp3) is 0.0952. The second-order valence-corrected chi connectivity index (χ2v) is 6.79. The molecule has 8 heteroatoms. The van der Waals surface area contributed by atoms with E-state index >= 15 is 0 Å². The van der Waals surface area contributed by atoms with Crippen LogP contribution in [0.5, 0.6) is 5.75 Å². The third-order valence-corrected chi connectivity index (χ3v) is 4.78. The maximum atomic E-state index is 14.3. The number of carbonyl (C=O) groups is 2. The summed E-state index contributed by atoms with van der Waals surface area (Å²) in [6.45, 7) is 1.59. The van der Waals surface area contributed by atoms with Gasteiger partial charge >= 0.3 is 0 Å². The molecule has 0 spiro atoms. The number of phenols is 1. The Bertz CT molecular complexity index is 1180. The number of pyridine rings is 1. The van der Waals surface area contributed by atoms with Gasteiger partial charge < -0.3 is 21.5 Å². The van der Waals surface area contributed by atoms with E-state index in [1.165, 1.54) is 18.3 Å². The van der Waals surface area contributed by atoms with E-state index in [0.717, 1.165) is 0 Å². The minimum absolute atomic E-state index is 0.0124. The molecule has 1 aromatic heterocycles. The molecule has 1 aliphatic rings. The summed E-state index contributed by atoms with van der Waals surface area (Å²) in [7, 11) is 0. The summed E-state index contributed by atoms with van der Waals surface area (Å²) < 4.78 is 14.3. The van der Waals surface area contributed by atoms with Gasteiger partial charge in [0.05, 0.1) is 16.9 Å². The van der Waals surface area contributed by atoms with Gasteiger partial charge in [-0.1, -0.05) is 0 Å². The third-order valence-electron chi connectivity index (χ3n) is 4.78. The molecule has 1 amide bonds. The first kappa shape index (κ1) is 18.4. The van der Waals surface area contributed by atoms with Crippen LogP contribution < -0.4 is 16.4 Å². The second kappa shape index (κ2) is 6.90. The highest BCUT2D eigenvalue weighted by Gasteiger charge is 2.25. The van der Waals surface area contributed by atoms with Crippen LogP contribution in [0, 0.1) is 12.7 Å². The highest BCUT2D eigenvalue weighted by molar-refractivity contribution is 6.09. The Balaban J connectivity index is 1.76. The number of amides is 1. The number of anilines is 4. The van der Waals surface area contributed by atoms with Gasteiger partial charge in [0.25, 0.3) is 0 Å². The number of hydrogen-bond acceptors (Lipinski definition) is 6. The van der Waals surface area contributed by atoms with Crippen molar-refractivity contribution in [1.29, 1.82) is 0 Å². The van der Waals surface area contributed by atoms with Crippen LogP contribution in [0.15, 0.2) is 42.6 Å². The highest BCUT2D eigenvalue weighted by Crippen LogP contribution is 2.35. The second-order valence-electron chi connectivity index (χ2n) is 6.79. The molecule has 0 fully saturated rings. The van der Waals surface area contributed by atoms with Gasteiger partial charge in [-0.2, -0.15) is 0 Å². The number of carbonyl (C=O) groups excluding carboxylic acids is 2. The maximum Gasteiger partial charge on any atom is 0.248 e. The first-order chi connectivity index (χ1) is 13.8. The molecule has 1 aliphatic heterocycles. The fourth-order valence-electron chi connectivity index (χ4n) is 3.25. The summed E-state index contributed by atoms with van der Waals surface area (Å²) in [5.41, 5.74) is 7.90. The Hall–Kier alpha value is -3.94. The lowest BCUT2D eigenvalue weighted by Gasteiger charge is -2.14. The van der Waals surface area contributed by atoms with Crippen LogP contribution >= 0.6 is 0 Å². The zero-order valence-corrected chi connectivity index (χ0v) is 15.4. The molecular formula is C21H17FN4O3. The van der Waals surface area contributed by atoms with Crippen molar-refractivity contribution in [3.63, 3.8) is 0 Å². The molecule has 2 heterocycles. The van der Waals surface area contributed by atoms with Gasteiger partial charge in [-0.05, 0) is 48.4 Å². The van der Waals surface area contributed by atoms with E-state index < -0.39 is 11.7 Å². The number of aryl methyl sites for hydroxylation is 1. The van der Waals surface area contributed by atoms with Crippen LogP contribution in [0.3, 0.4) is 0 Å². The maximum absolute atomic E-state index is 14.3. The van der Waals surface area contributed by atoms with Crippen LogP contribution in [0.1, 0.15) is 31.8 Å². The van der Waals surface area contributed by atoms with Gasteiger partial charge in [-0.3, -0.25) is 9.59 Å². The average Bonchev–Trinajstić information content (AvgIpc) is 2.81. The summed E-state index contributed by atoms with van der Waals surface area (Å²) in [6, 6.07) is 8.82. The minimum Gasteiger partial charge on any atom is -0.508 e. The lowest BCUT2D eigenvalue weighted by Crippen LogP contribution is -2.12. The Morgan fingerprint density at radius 3 is 2.79 bits per heavy atom. The van der Waals surface area contributed by atoms with Crippen molar-refractivity contribution in [2.24, 2.45) is 5.73 Å². The van der Waals surface area contributed by atoms with Crippen LogP contribution in [-0.4, -0.2) is 21.8 Å². The van der Waals surface area contributed by atoms with Crippen molar-refractivity contribution < 1.29 is 19.1 Å². The average molecular weight is 392 g/mol. The molecule has 29 heavy (non-hydrogen) atoms. The van der Waals surface area contributed by atoms with Gasteiger partial charge in [0.15, 0.2) is 5.78 Å². The molecule has 0 saturated heterocycles. The number of primary amides is 1. The van der Waals surface area contributed by atoms with Crippen LogP contribution in [0.2, 0.25) is 0 Å². The lowest BCUT2D eigenvalue weighted by molar-refractivity contribution is 0.0985. The standard InChI is InChI=1S/C21H17FN4O3/c1-10-6-13(22)16(9-17(10)27)25-15-4-5-24-21-19(15)18(28)8-12-7-11(20(23)29)2-3-14(12)26-21/h2-7,9,27H,8H2,1H3,(H2,23,29)(H2,24,25,26). The van der Waals surface area contributed by atoms with Crippen LogP contribution in [0.25, 0.3) is 0 Å². The number of ketones is 1. The smallest absolute Gasteiger partial charge is 0.248 e. The van der Waals surface area contributed by atoms with Crippen molar-refractivity contribution in [3.8, 4) is 5.75 Å². The molecule has 2 aromatic carbocycles. The normalized spacial score (nSPS) is 12.4. The fourth-order valence-corrected chi connectivity index (χ4v) is 3.25. The van der Waals surface area contributed by atoms with Gasteiger partial charge in [0.1, 0.15) is 17.4 Å². The predicted octanol–water partition coefficient (Wildman–Crippen LogP) is 3.56. The van der Waals surface area contributed by atoms with Crippen molar-refractivity contribution in [1.82, 2.24) is 4.98 Å². The molecular weight excluding hydrogens is 375 g/mol. The number of halogens is 1. The quantitative estimate of drug-likeness (QED) is 0.541. The molecule has 5 N–H and O–H groups in total.